The van der Waals surface area contributed by atoms with Crippen LogP contribution in [0.15, 0.2) is 66.0 Å². The number of nitrogens with one attached hydrogen (secondary N) is 2. The Bertz CT molecular complexity index is 1290. The maximum atomic E-state index is 14.4. The van der Waals surface area contributed by atoms with Crippen molar-refractivity contribution >= 4 is 34.3 Å². The topological polar surface area (TPSA) is 63.2 Å². The Hall–Kier alpha value is -3.71. The number of rotatable bonds is 4. The minimum atomic E-state index is -0.328. The Morgan fingerprint density at radius 2 is 1.97 bits per heavy atom. The Balaban J connectivity index is 1.47. The average molecular weight is 431 g/mol. The van der Waals surface area contributed by atoms with E-state index in [1.165, 1.54) is 17.4 Å². The number of hydrogen-bond donors (Lipinski definition) is 2. The van der Waals surface area contributed by atoms with Crippen molar-refractivity contribution in [3.8, 4) is 27.6 Å². The van der Waals surface area contributed by atoms with Crippen LogP contribution in [0.4, 0.5) is 21.5 Å². The predicted octanol–water partition coefficient (Wildman–Crippen LogP) is 6.00. The highest BCUT2D eigenvalue weighted by Gasteiger charge is 2.21. The molecule has 1 aliphatic heterocycles. The molecule has 3 aromatic carbocycles. The Morgan fingerprint density at radius 1 is 1.13 bits per heavy atom. The highest BCUT2D eigenvalue weighted by atomic mass is 32.1. The normalized spacial score (nSPS) is 12.6. The molecule has 1 aliphatic rings. The predicted molar refractivity (Wildman–Crippen MR) is 122 cm³/mol. The smallest absolute Gasteiger partial charge is 0.262 e. The van der Waals surface area contributed by atoms with Crippen LogP contribution in [0.3, 0.4) is 0 Å². The molecule has 0 fully saturated rings. The number of benzene rings is 3. The number of carbonyl (C=O) groups excluding carboxylic acids is 1. The number of aromatic nitrogens is 1. The monoisotopic (exact) mass is 431 g/mol. The molecule has 31 heavy (non-hydrogen) atoms. The zero-order valence-corrected chi connectivity index (χ0v) is 17.4. The number of anilines is 3. The van der Waals surface area contributed by atoms with Gasteiger partial charge in [-0.2, -0.15) is 0 Å². The lowest BCUT2D eigenvalue weighted by Gasteiger charge is -2.21. The molecule has 7 heteroatoms. The van der Waals surface area contributed by atoms with Gasteiger partial charge in [0, 0.05) is 22.2 Å². The van der Waals surface area contributed by atoms with Gasteiger partial charge >= 0.3 is 0 Å². The zero-order valence-electron chi connectivity index (χ0n) is 16.6. The van der Waals surface area contributed by atoms with Gasteiger partial charge in [-0.3, -0.25) is 4.79 Å². The minimum Gasteiger partial charge on any atom is -0.482 e. The van der Waals surface area contributed by atoms with E-state index < -0.39 is 0 Å². The number of para-hydroxylation sites is 1. The van der Waals surface area contributed by atoms with Crippen molar-refractivity contribution in [1.82, 2.24) is 4.98 Å². The number of halogens is 1. The van der Waals surface area contributed by atoms with Crippen LogP contribution in [0, 0.1) is 12.7 Å². The summed E-state index contributed by atoms with van der Waals surface area (Å²) in [5.41, 5.74) is 5.31. The van der Waals surface area contributed by atoms with Gasteiger partial charge in [0.2, 0.25) is 0 Å². The van der Waals surface area contributed by atoms with Crippen LogP contribution in [0.1, 0.15) is 5.56 Å². The van der Waals surface area contributed by atoms with Gasteiger partial charge in [0.15, 0.2) is 6.61 Å². The number of amides is 1. The lowest BCUT2D eigenvalue weighted by molar-refractivity contribution is -0.118. The lowest BCUT2D eigenvalue weighted by atomic mass is 10.0. The van der Waals surface area contributed by atoms with Crippen molar-refractivity contribution in [2.75, 3.05) is 17.2 Å². The summed E-state index contributed by atoms with van der Waals surface area (Å²) in [6.07, 6.45) is 0. The summed E-state index contributed by atoms with van der Waals surface area (Å²) in [5.74, 6) is 0.161. The van der Waals surface area contributed by atoms with E-state index in [2.05, 4.69) is 10.6 Å². The fraction of sp³-hybridized carbons (Fsp3) is 0.0833. The third-order valence-electron chi connectivity index (χ3n) is 5.10. The fourth-order valence-electron chi connectivity index (χ4n) is 3.52. The molecule has 0 saturated carbocycles. The van der Waals surface area contributed by atoms with Gasteiger partial charge in [0.25, 0.3) is 5.91 Å². The third kappa shape index (κ3) is 3.75. The Kier molecular flexibility index (Phi) is 4.88. The number of carbonyl (C=O) groups is 1. The van der Waals surface area contributed by atoms with Crippen molar-refractivity contribution < 1.29 is 13.9 Å². The second kappa shape index (κ2) is 7.85. The van der Waals surface area contributed by atoms with Crippen LogP contribution in [0.5, 0.6) is 5.75 Å². The maximum absolute atomic E-state index is 14.4. The van der Waals surface area contributed by atoms with Crippen molar-refractivity contribution in [1.29, 1.82) is 0 Å². The second-order valence-corrected chi connectivity index (χ2v) is 8.03. The summed E-state index contributed by atoms with van der Waals surface area (Å²) in [6, 6.07) is 18.2. The molecule has 0 atom stereocenters. The Morgan fingerprint density at radius 3 is 2.81 bits per heavy atom. The van der Waals surface area contributed by atoms with Gasteiger partial charge in [0.1, 0.15) is 16.6 Å². The highest BCUT2D eigenvalue weighted by molar-refractivity contribution is 7.13. The molecule has 5 rings (SSSR count). The van der Waals surface area contributed by atoms with Crippen molar-refractivity contribution in [2.45, 2.75) is 6.92 Å². The van der Waals surface area contributed by atoms with Crippen LogP contribution in [-0.2, 0) is 4.79 Å². The molecule has 0 spiro atoms. The van der Waals surface area contributed by atoms with Crippen molar-refractivity contribution in [3.63, 3.8) is 0 Å². The van der Waals surface area contributed by atoms with Crippen molar-refractivity contribution in [3.05, 3.63) is 77.4 Å². The molecule has 2 heterocycles. The van der Waals surface area contributed by atoms with E-state index in [4.69, 9.17) is 9.72 Å². The third-order valence-corrected chi connectivity index (χ3v) is 5.99. The van der Waals surface area contributed by atoms with Crippen LogP contribution >= 0.6 is 11.3 Å². The van der Waals surface area contributed by atoms with Gasteiger partial charge in [0.05, 0.1) is 17.1 Å². The summed E-state index contributed by atoms with van der Waals surface area (Å²) in [7, 11) is 0. The van der Waals surface area contributed by atoms with E-state index in [0.717, 1.165) is 33.1 Å². The summed E-state index contributed by atoms with van der Waals surface area (Å²) in [4.78, 5) is 16.5. The second-order valence-electron chi connectivity index (χ2n) is 7.17. The number of nitrogens with zero attached hydrogens (tertiary/aromatic N) is 1. The van der Waals surface area contributed by atoms with E-state index in [-0.39, 0.29) is 18.3 Å². The molecule has 5 nitrogen and oxygen atoms in total. The van der Waals surface area contributed by atoms with Crippen LogP contribution in [-0.4, -0.2) is 17.5 Å². The van der Waals surface area contributed by atoms with E-state index in [1.807, 2.05) is 54.8 Å². The number of ether oxygens (including phenoxy) is 1. The van der Waals surface area contributed by atoms with Crippen LogP contribution < -0.4 is 15.4 Å². The maximum Gasteiger partial charge on any atom is 0.262 e. The summed E-state index contributed by atoms with van der Waals surface area (Å²) < 4.78 is 19.8. The van der Waals surface area contributed by atoms with E-state index in [9.17, 15) is 9.18 Å². The lowest BCUT2D eigenvalue weighted by Crippen LogP contribution is -2.26. The van der Waals surface area contributed by atoms with E-state index in [1.54, 1.807) is 12.1 Å². The summed E-state index contributed by atoms with van der Waals surface area (Å²) in [5, 5.41) is 8.73. The molecular formula is C24H18FN3O2S. The fourth-order valence-corrected chi connectivity index (χ4v) is 4.34. The Labute approximate surface area is 182 Å². The van der Waals surface area contributed by atoms with Gasteiger partial charge in [-0.25, -0.2) is 9.37 Å². The molecule has 0 saturated heterocycles. The van der Waals surface area contributed by atoms with Gasteiger partial charge in [-0.1, -0.05) is 18.2 Å². The highest BCUT2D eigenvalue weighted by Crippen LogP contribution is 2.39. The van der Waals surface area contributed by atoms with Crippen LogP contribution in [0.25, 0.3) is 21.8 Å². The molecule has 2 N–H and O–H groups in total. The van der Waals surface area contributed by atoms with E-state index >= 15 is 0 Å². The largest absolute Gasteiger partial charge is 0.482 e. The standard InChI is InChI=1S/C24H18FN3O2S/c1-14-17(8-10-21-23(14)28-22(29)12-30-21)20-13-31-24(27-20)15-7-9-18(25)19(11-15)26-16-5-3-2-4-6-16/h2-11,13,26H,12H2,1H3,(H,28,29). The molecule has 1 amide bonds. The first-order chi connectivity index (χ1) is 15.1. The van der Waals surface area contributed by atoms with Gasteiger partial charge in [-0.05, 0) is 55.0 Å². The molecule has 0 aliphatic carbocycles. The molecule has 0 bridgehead atoms. The molecule has 1 aromatic heterocycles. The zero-order chi connectivity index (χ0) is 21.4. The number of thiazole rings is 1. The average Bonchev–Trinajstić information content (AvgIpc) is 3.27. The number of hydrogen-bond acceptors (Lipinski definition) is 5. The summed E-state index contributed by atoms with van der Waals surface area (Å²) >= 11 is 1.49. The first kappa shape index (κ1) is 19.3. The van der Waals surface area contributed by atoms with Gasteiger partial charge < -0.3 is 15.4 Å². The minimum absolute atomic E-state index is 0.0244. The molecule has 154 valence electrons. The molecule has 0 unspecified atom stereocenters. The quantitative estimate of drug-likeness (QED) is 0.416. The van der Waals surface area contributed by atoms with Crippen molar-refractivity contribution in [2.24, 2.45) is 0 Å². The SMILES string of the molecule is Cc1c(-c2csc(-c3ccc(F)c(Nc4ccccc4)c3)n2)ccc2c1NC(=O)CO2. The first-order valence-corrected chi connectivity index (χ1v) is 10.6. The number of fused-ring (bicyclic) bond motifs is 1. The molecular weight excluding hydrogens is 413 g/mol. The molecule has 4 aromatic rings. The summed E-state index contributed by atoms with van der Waals surface area (Å²) in [6.45, 7) is 1.96. The first-order valence-electron chi connectivity index (χ1n) is 9.72. The van der Waals surface area contributed by atoms with Crippen LogP contribution in [0.2, 0.25) is 0 Å². The van der Waals surface area contributed by atoms with Gasteiger partial charge in [-0.15, -0.1) is 11.3 Å². The van der Waals surface area contributed by atoms with E-state index in [0.29, 0.717) is 17.1 Å². The molecule has 0 radical (unpaired) electrons.